The molecule has 7 heteroatoms. The van der Waals surface area contributed by atoms with Crippen molar-refractivity contribution in [2.75, 3.05) is 58.9 Å². The summed E-state index contributed by atoms with van der Waals surface area (Å²) in [5.74, 6) is 3.69. The molecule has 1 aromatic carbocycles. The summed E-state index contributed by atoms with van der Waals surface area (Å²) >= 11 is 0. The van der Waals surface area contributed by atoms with Gasteiger partial charge in [0.2, 0.25) is 0 Å². The summed E-state index contributed by atoms with van der Waals surface area (Å²) in [6.45, 7) is 4.47. The van der Waals surface area contributed by atoms with Gasteiger partial charge in [-0.05, 0) is 42.3 Å². The molecule has 150 valence electrons. The van der Waals surface area contributed by atoms with E-state index < -0.39 is 0 Å². The van der Waals surface area contributed by atoms with E-state index in [9.17, 15) is 0 Å². The first-order chi connectivity index (χ1) is 13.7. The number of nitrogens with one attached hydrogen (secondary N) is 1. The second kappa shape index (κ2) is 9.82. The number of nitrogens with zero attached hydrogens (tertiary/aromatic N) is 4. The van der Waals surface area contributed by atoms with Crippen molar-refractivity contribution in [2.24, 2.45) is 4.99 Å². The van der Waals surface area contributed by atoms with Gasteiger partial charge >= 0.3 is 0 Å². The van der Waals surface area contributed by atoms with E-state index in [-0.39, 0.29) is 0 Å². The van der Waals surface area contributed by atoms with Gasteiger partial charge in [0.05, 0.1) is 14.2 Å². The number of methoxy groups -OCH3 is 2. The molecule has 3 rings (SSSR count). The lowest BCUT2D eigenvalue weighted by atomic mass is 10.1. The number of hydrogen-bond acceptors (Lipinski definition) is 5. The fourth-order valence-corrected chi connectivity index (χ4v) is 3.41. The van der Waals surface area contributed by atoms with E-state index in [0.29, 0.717) is 0 Å². The molecule has 0 aliphatic carbocycles. The molecule has 0 saturated carbocycles. The van der Waals surface area contributed by atoms with Crippen LogP contribution in [-0.4, -0.2) is 69.8 Å². The van der Waals surface area contributed by atoms with Crippen LogP contribution in [0.25, 0.3) is 0 Å². The molecule has 2 aromatic rings. The van der Waals surface area contributed by atoms with Crippen LogP contribution in [0.4, 0.5) is 5.82 Å². The van der Waals surface area contributed by atoms with Crippen molar-refractivity contribution < 1.29 is 9.47 Å². The van der Waals surface area contributed by atoms with E-state index in [1.165, 1.54) is 0 Å². The summed E-state index contributed by atoms with van der Waals surface area (Å²) in [5, 5.41) is 3.48. The molecule has 0 radical (unpaired) electrons. The Hall–Kier alpha value is -2.96. The van der Waals surface area contributed by atoms with E-state index in [4.69, 9.17) is 9.47 Å². The lowest BCUT2D eigenvalue weighted by Crippen LogP contribution is -2.53. The van der Waals surface area contributed by atoms with E-state index in [0.717, 1.165) is 68.0 Å². The highest BCUT2D eigenvalue weighted by Gasteiger charge is 2.20. The van der Waals surface area contributed by atoms with Crippen molar-refractivity contribution in [1.82, 2.24) is 15.2 Å². The minimum absolute atomic E-state index is 0.774. The van der Waals surface area contributed by atoms with Crippen molar-refractivity contribution in [3.05, 3.63) is 48.2 Å². The Morgan fingerprint density at radius 3 is 2.57 bits per heavy atom. The largest absolute Gasteiger partial charge is 0.497 e. The molecule has 1 saturated heterocycles. The molecule has 0 spiro atoms. The Morgan fingerprint density at radius 1 is 1.11 bits per heavy atom. The highest BCUT2D eigenvalue weighted by Crippen LogP contribution is 2.24. The van der Waals surface area contributed by atoms with Crippen LogP contribution in [0.2, 0.25) is 0 Å². The number of hydrogen-bond donors (Lipinski definition) is 1. The SMILES string of the molecule is CN=C(NCCc1cc(OC)ccc1OC)N1CCN(c2ccccn2)CC1. The molecule has 1 aliphatic rings. The molecular weight excluding hydrogens is 354 g/mol. The summed E-state index contributed by atoms with van der Waals surface area (Å²) in [4.78, 5) is 13.5. The highest BCUT2D eigenvalue weighted by molar-refractivity contribution is 5.80. The summed E-state index contributed by atoms with van der Waals surface area (Å²) in [7, 11) is 5.20. The second-order valence-electron chi connectivity index (χ2n) is 6.56. The third-order valence-electron chi connectivity index (χ3n) is 4.93. The van der Waals surface area contributed by atoms with Crippen LogP contribution in [0.15, 0.2) is 47.6 Å². The van der Waals surface area contributed by atoms with Gasteiger partial charge < -0.3 is 24.6 Å². The maximum Gasteiger partial charge on any atom is 0.193 e. The topological polar surface area (TPSA) is 62.2 Å². The number of guanidine groups is 1. The average molecular weight is 383 g/mol. The Labute approximate surface area is 167 Å². The molecule has 1 aliphatic heterocycles. The van der Waals surface area contributed by atoms with Crippen LogP contribution in [0.5, 0.6) is 11.5 Å². The third-order valence-corrected chi connectivity index (χ3v) is 4.93. The molecule has 0 amide bonds. The van der Waals surface area contributed by atoms with Gasteiger partial charge in [-0.2, -0.15) is 0 Å². The van der Waals surface area contributed by atoms with Crippen LogP contribution in [0.1, 0.15) is 5.56 Å². The molecule has 0 atom stereocenters. The molecule has 0 unspecified atom stereocenters. The molecule has 0 bridgehead atoms. The van der Waals surface area contributed by atoms with Crippen LogP contribution in [0, 0.1) is 0 Å². The van der Waals surface area contributed by atoms with E-state index in [1.54, 1.807) is 14.2 Å². The van der Waals surface area contributed by atoms with E-state index in [2.05, 4.69) is 31.2 Å². The first kappa shape index (κ1) is 19.8. The van der Waals surface area contributed by atoms with Crippen molar-refractivity contribution in [3.63, 3.8) is 0 Å². The first-order valence-corrected chi connectivity index (χ1v) is 9.57. The number of ether oxygens (including phenoxy) is 2. The Morgan fingerprint density at radius 2 is 1.93 bits per heavy atom. The Balaban J connectivity index is 1.52. The third kappa shape index (κ3) is 4.85. The van der Waals surface area contributed by atoms with Crippen LogP contribution >= 0.6 is 0 Å². The highest BCUT2D eigenvalue weighted by atomic mass is 16.5. The molecule has 1 fully saturated rings. The number of aromatic nitrogens is 1. The predicted molar refractivity (Wildman–Crippen MR) is 113 cm³/mol. The zero-order valence-corrected chi connectivity index (χ0v) is 16.9. The number of rotatable bonds is 6. The number of piperazine rings is 1. The van der Waals surface area contributed by atoms with Crippen LogP contribution in [-0.2, 0) is 6.42 Å². The second-order valence-corrected chi connectivity index (χ2v) is 6.56. The van der Waals surface area contributed by atoms with E-state index in [1.807, 2.05) is 43.6 Å². The molecular formula is C21H29N5O2. The maximum atomic E-state index is 5.46. The number of pyridine rings is 1. The zero-order chi connectivity index (χ0) is 19.8. The Bertz CT molecular complexity index is 774. The minimum atomic E-state index is 0.774. The standard InChI is InChI=1S/C21H29N5O2/c1-22-21(24-11-9-17-16-18(27-2)7-8-19(17)28-3)26-14-12-25(13-15-26)20-6-4-5-10-23-20/h4-8,10,16H,9,11-15H2,1-3H3,(H,22,24). The predicted octanol–water partition coefficient (Wildman–Crippen LogP) is 2.04. The van der Waals surface area contributed by atoms with E-state index >= 15 is 0 Å². The maximum absolute atomic E-state index is 5.46. The lowest BCUT2D eigenvalue weighted by Gasteiger charge is -2.37. The molecule has 1 aromatic heterocycles. The molecule has 28 heavy (non-hydrogen) atoms. The lowest BCUT2D eigenvalue weighted by molar-refractivity contribution is 0.371. The van der Waals surface area contributed by atoms with Crippen molar-refractivity contribution >= 4 is 11.8 Å². The van der Waals surface area contributed by atoms with Crippen LogP contribution < -0.4 is 19.7 Å². The van der Waals surface area contributed by atoms with Crippen molar-refractivity contribution in [1.29, 1.82) is 0 Å². The average Bonchev–Trinajstić information content (AvgIpc) is 2.77. The van der Waals surface area contributed by atoms with Crippen molar-refractivity contribution in [3.8, 4) is 11.5 Å². The van der Waals surface area contributed by atoms with Gasteiger partial charge in [-0.15, -0.1) is 0 Å². The van der Waals surface area contributed by atoms with Gasteiger partial charge in [-0.1, -0.05) is 6.07 Å². The molecule has 1 N–H and O–H groups in total. The molecule has 2 heterocycles. The van der Waals surface area contributed by atoms with Gasteiger partial charge in [0.25, 0.3) is 0 Å². The number of aliphatic imine (C=N–C) groups is 1. The zero-order valence-electron chi connectivity index (χ0n) is 16.9. The number of anilines is 1. The smallest absolute Gasteiger partial charge is 0.193 e. The minimum Gasteiger partial charge on any atom is -0.497 e. The fourth-order valence-electron chi connectivity index (χ4n) is 3.41. The van der Waals surface area contributed by atoms with Gasteiger partial charge in [0.1, 0.15) is 17.3 Å². The van der Waals surface area contributed by atoms with Crippen LogP contribution in [0.3, 0.4) is 0 Å². The molecule has 7 nitrogen and oxygen atoms in total. The summed E-state index contributed by atoms with van der Waals surface area (Å²) in [6, 6.07) is 11.9. The summed E-state index contributed by atoms with van der Waals surface area (Å²) in [6.07, 6.45) is 2.67. The first-order valence-electron chi connectivity index (χ1n) is 9.57. The van der Waals surface area contributed by atoms with Gasteiger partial charge in [-0.25, -0.2) is 4.98 Å². The summed E-state index contributed by atoms with van der Waals surface area (Å²) in [5.41, 5.74) is 1.12. The quantitative estimate of drug-likeness (QED) is 0.608. The Kier molecular flexibility index (Phi) is 6.94. The van der Waals surface area contributed by atoms with Gasteiger partial charge in [0.15, 0.2) is 5.96 Å². The normalized spacial score (nSPS) is 14.8. The monoisotopic (exact) mass is 383 g/mol. The number of benzene rings is 1. The van der Waals surface area contributed by atoms with Crippen molar-refractivity contribution in [2.45, 2.75) is 6.42 Å². The summed E-state index contributed by atoms with van der Waals surface area (Å²) < 4.78 is 10.8. The fraction of sp³-hybridized carbons (Fsp3) is 0.429. The van der Waals surface area contributed by atoms with Gasteiger partial charge in [-0.3, -0.25) is 4.99 Å². The van der Waals surface area contributed by atoms with Gasteiger partial charge in [0, 0.05) is 46.0 Å².